The molecule has 0 aliphatic carbocycles. The van der Waals surface area contributed by atoms with Gasteiger partial charge in [0.2, 0.25) is 0 Å². The van der Waals surface area contributed by atoms with E-state index in [4.69, 9.17) is 9.72 Å². The predicted octanol–water partition coefficient (Wildman–Crippen LogP) is 8.51. The maximum absolute atomic E-state index is 14.3. The standard InChI is InChI=1S/C31H40F2N4O/c1-9-11-12-13-16-24(22(6)38-8)25-18-26(35-19-23-15-14-17-34-30(23)31(7,32)33)29-28(36-25)21(5)27(10-2)37(29)20(3)4/h11-18,20H,9-10,19H2,1-8H3,(H,35,36)/b12-11+,16-13-,24-22-. The van der Waals surface area contributed by atoms with Crippen LogP contribution in [0.2, 0.25) is 0 Å². The van der Waals surface area contributed by atoms with Crippen molar-refractivity contribution in [3.63, 3.8) is 0 Å². The summed E-state index contributed by atoms with van der Waals surface area (Å²) < 4.78 is 36.5. The van der Waals surface area contributed by atoms with E-state index in [1.54, 1.807) is 19.2 Å². The van der Waals surface area contributed by atoms with E-state index in [0.29, 0.717) is 5.56 Å². The number of nitrogens with zero attached hydrogens (tertiary/aromatic N) is 3. The highest BCUT2D eigenvalue weighted by molar-refractivity contribution is 5.95. The Morgan fingerprint density at radius 1 is 1.24 bits per heavy atom. The van der Waals surface area contributed by atoms with Gasteiger partial charge in [-0.05, 0) is 69.9 Å². The minimum Gasteiger partial charge on any atom is -0.501 e. The number of pyridine rings is 2. The summed E-state index contributed by atoms with van der Waals surface area (Å²) in [6.45, 7) is 13.6. The van der Waals surface area contributed by atoms with Crippen LogP contribution in [-0.4, -0.2) is 21.6 Å². The second-order valence-corrected chi connectivity index (χ2v) is 9.76. The highest BCUT2D eigenvalue weighted by atomic mass is 19.3. The quantitative estimate of drug-likeness (QED) is 0.203. The van der Waals surface area contributed by atoms with Crippen LogP contribution in [0.3, 0.4) is 0 Å². The van der Waals surface area contributed by atoms with E-state index in [-0.39, 0.29) is 18.3 Å². The molecular formula is C31H40F2N4O. The molecule has 0 aliphatic heterocycles. The third-order valence-electron chi connectivity index (χ3n) is 6.65. The van der Waals surface area contributed by atoms with Gasteiger partial charge in [0.05, 0.1) is 29.5 Å². The third kappa shape index (κ3) is 6.14. The first-order chi connectivity index (χ1) is 18.0. The molecule has 3 heterocycles. The van der Waals surface area contributed by atoms with Crippen molar-refractivity contribution in [1.29, 1.82) is 0 Å². The lowest BCUT2D eigenvalue weighted by atomic mass is 10.1. The third-order valence-corrected chi connectivity index (χ3v) is 6.65. The van der Waals surface area contributed by atoms with Crippen LogP contribution in [0.15, 0.2) is 54.5 Å². The largest absolute Gasteiger partial charge is 0.501 e. The van der Waals surface area contributed by atoms with Crippen LogP contribution in [0.1, 0.15) is 82.2 Å². The molecule has 3 aromatic heterocycles. The van der Waals surface area contributed by atoms with E-state index in [1.807, 2.05) is 31.2 Å². The molecule has 0 aliphatic rings. The smallest absolute Gasteiger partial charge is 0.287 e. The second-order valence-electron chi connectivity index (χ2n) is 9.76. The molecule has 0 atom stereocenters. The molecule has 7 heteroatoms. The van der Waals surface area contributed by atoms with Crippen molar-refractivity contribution < 1.29 is 13.5 Å². The first kappa shape index (κ1) is 29.1. The minimum absolute atomic E-state index is 0.193. The minimum atomic E-state index is -3.04. The van der Waals surface area contributed by atoms with Crippen molar-refractivity contribution >= 4 is 22.3 Å². The number of allylic oxidation sites excluding steroid dienone is 6. The van der Waals surface area contributed by atoms with Crippen molar-refractivity contribution in [2.75, 3.05) is 12.4 Å². The number of aromatic nitrogens is 3. The summed E-state index contributed by atoms with van der Waals surface area (Å²) in [5, 5.41) is 3.47. The van der Waals surface area contributed by atoms with Crippen LogP contribution in [-0.2, 0) is 23.6 Å². The van der Waals surface area contributed by atoms with Gasteiger partial charge < -0.3 is 14.6 Å². The maximum atomic E-state index is 14.3. The monoisotopic (exact) mass is 522 g/mol. The SMILES string of the molecule is CC/C=C/C=C\C(=C(/C)OC)c1cc(NCc2cccnc2C(C)(F)F)c2c(n1)c(C)c(CC)n2C(C)C. The number of hydrogen-bond donors (Lipinski definition) is 1. The molecule has 3 rings (SSSR count). The Morgan fingerprint density at radius 3 is 2.58 bits per heavy atom. The summed E-state index contributed by atoms with van der Waals surface area (Å²) in [5.74, 6) is -2.30. The van der Waals surface area contributed by atoms with Crippen molar-refractivity contribution in [1.82, 2.24) is 14.5 Å². The molecule has 0 radical (unpaired) electrons. The molecule has 5 nitrogen and oxygen atoms in total. The number of hydrogen-bond acceptors (Lipinski definition) is 4. The van der Waals surface area contributed by atoms with Crippen LogP contribution in [0, 0.1) is 6.92 Å². The molecule has 0 bridgehead atoms. The maximum Gasteiger partial charge on any atom is 0.287 e. The number of anilines is 1. The van der Waals surface area contributed by atoms with Gasteiger partial charge in [0.25, 0.3) is 5.92 Å². The van der Waals surface area contributed by atoms with Crippen LogP contribution in [0.5, 0.6) is 0 Å². The zero-order valence-corrected chi connectivity index (χ0v) is 23.8. The van der Waals surface area contributed by atoms with E-state index >= 15 is 0 Å². The number of methoxy groups -OCH3 is 1. The Hall–Kier alpha value is -3.48. The summed E-state index contributed by atoms with van der Waals surface area (Å²) in [6.07, 6.45) is 11.3. The van der Waals surface area contributed by atoms with Gasteiger partial charge in [-0.25, -0.2) is 4.98 Å². The molecule has 0 spiro atoms. The summed E-state index contributed by atoms with van der Waals surface area (Å²) in [4.78, 5) is 9.10. The van der Waals surface area contributed by atoms with Crippen LogP contribution < -0.4 is 5.32 Å². The van der Waals surface area contributed by atoms with Crippen LogP contribution in [0.25, 0.3) is 16.6 Å². The summed E-state index contributed by atoms with van der Waals surface area (Å²) >= 11 is 0. The Kier molecular flexibility index (Phi) is 9.47. The Labute approximate surface area is 225 Å². The highest BCUT2D eigenvalue weighted by Crippen LogP contribution is 2.36. The molecule has 1 N–H and O–H groups in total. The molecule has 38 heavy (non-hydrogen) atoms. The normalized spacial score (nSPS) is 13.2. The Bertz CT molecular complexity index is 1360. The second kappa shape index (κ2) is 12.4. The average Bonchev–Trinajstić information content (AvgIpc) is 3.18. The summed E-state index contributed by atoms with van der Waals surface area (Å²) in [6, 6.07) is 5.57. The summed E-state index contributed by atoms with van der Waals surface area (Å²) in [5.41, 5.74) is 6.86. The van der Waals surface area contributed by atoms with Gasteiger partial charge in [-0.1, -0.05) is 38.1 Å². The number of alkyl halides is 2. The topological polar surface area (TPSA) is 52.0 Å². The fraction of sp³-hybridized carbons (Fsp3) is 0.419. The number of ether oxygens (including phenoxy) is 1. The van der Waals surface area contributed by atoms with Gasteiger partial charge in [0, 0.05) is 37.0 Å². The van der Waals surface area contributed by atoms with E-state index in [2.05, 4.69) is 55.6 Å². The van der Waals surface area contributed by atoms with E-state index in [9.17, 15) is 8.78 Å². The van der Waals surface area contributed by atoms with Crippen LogP contribution in [0.4, 0.5) is 14.5 Å². The fourth-order valence-corrected chi connectivity index (χ4v) is 4.80. The number of fused-ring (bicyclic) bond motifs is 1. The van der Waals surface area contributed by atoms with Crippen LogP contribution >= 0.6 is 0 Å². The molecule has 0 unspecified atom stereocenters. The van der Waals surface area contributed by atoms with Gasteiger partial charge in [0.1, 0.15) is 11.5 Å². The van der Waals surface area contributed by atoms with Gasteiger partial charge in [-0.15, -0.1) is 0 Å². The van der Waals surface area contributed by atoms with Crippen molar-refractivity contribution in [3.05, 3.63) is 82.7 Å². The lowest BCUT2D eigenvalue weighted by Crippen LogP contribution is -2.15. The van der Waals surface area contributed by atoms with Gasteiger partial charge in [0.15, 0.2) is 0 Å². The van der Waals surface area contributed by atoms with E-state index in [0.717, 1.165) is 59.1 Å². The van der Waals surface area contributed by atoms with Crippen molar-refractivity contribution in [2.24, 2.45) is 0 Å². The summed E-state index contributed by atoms with van der Waals surface area (Å²) in [7, 11) is 1.65. The fourth-order valence-electron chi connectivity index (χ4n) is 4.80. The highest BCUT2D eigenvalue weighted by Gasteiger charge is 2.29. The van der Waals surface area contributed by atoms with E-state index < -0.39 is 5.92 Å². The number of nitrogens with one attached hydrogen (secondary N) is 1. The lowest BCUT2D eigenvalue weighted by Gasteiger charge is -2.19. The molecule has 0 saturated carbocycles. The molecule has 0 aromatic carbocycles. The van der Waals surface area contributed by atoms with Gasteiger partial charge >= 0.3 is 0 Å². The Balaban J connectivity index is 2.26. The first-order valence-electron chi connectivity index (χ1n) is 13.2. The molecular weight excluding hydrogens is 482 g/mol. The molecule has 3 aromatic rings. The predicted molar refractivity (Wildman–Crippen MR) is 154 cm³/mol. The zero-order chi connectivity index (χ0) is 28.0. The number of halogens is 2. The molecule has 0 saturated heterocycles. The molecule has 0 amide bonds. The van der Waals surface area contributed by atoms with Gasteiger partial charge in [-0.2, -0.15) is 8.78 Å². The number of rotatable bonds is 11. The lowest BCUT2D eigenvalue weighted by molar-refractivity contribution is 0.0118. The zero-order valence-electron chi connectivity index (χ0n) is 23.8. The molecule has 0 fully saturated rings. The van der Waals surface area contributed by atoms with Crippen molar-refractivity contribution in [3.8, 4) is 0 Å². The Morgan fingerprint density at radius 2 is 1.97 bits per heavy atom. The first-order valence-corrected chi connectivity index (χ1v) is 13.2. The average molecular weight is 523 g/mol. The van der Waals surface area contributed by atoms with Gasteiger partial charge in [-0.3, -0.25) is 4.98 Å². The van der Waals surface area contributed by atoms with Crippen molar-refractivity contribution in [2.45, 2.75) is 79.8 Å². The molecule has 204 valence electrons. The number of aryl methyl sites for hydroxylation is 1. The van der Waals surface area contributed by atoms with E-state index in [1.165, 1.54) is 11.9 Å².